The van der Waals surface area contributed by atoms with Gasteiger partial charge in [-0.3, -0.25) is 4.79 Å². The van der Waals surface area contributed by atoms with E-state index >= 15 is 0 Å². The highest BCUT2D eigenvalue weighted by Gasteiger charge is 2.42. The van der Waals surface area contributed by atoms with Crippen molar-refractivity contribution in [3.05, 3.63) is 0 Å². The van der Waals surface area contributed by atoms with E-state index < -0.39 is 11.5 Å². The van der Waals surface area contributed by atoms with E-state index in [-0.39, 0.29) is 6.10 Å². The van der Waals surface area contributed by atoms with Crippen molar-refractivity contribution in [2.45, 2.75) is 50.7 Å². The van der Waals surface area contributed by atoms with Crippen molar-refractivity contribution in [2.75, 3.05) is 40.1 Å². The van der Waals surface area contributed by atoms with Crippen molar-refractivity contribution in [1.29, 1.82) is 0 Å². The molecule has 0 aromatic heterocycles. The first-order valence-corrected chi connectivity index (χ1v) is 7.81. The molecule has 6 nitrogen and oxygen atoms in total. The van der Waals surface area contributed by atoms with Crippen LogP contribution >= 0.6 is 0 Å². The molecular weight excluding hydrogens is 274 g/mol. The summed E-state index contributed by atoms with van der Waals surface area (Å²) in [5.41, 5.74) is -0.824. The molecule has 2 atom stereocenters. The van der Waals surface area contributed by atoms with E-state index in [9.17, 15) is 9.90 Å². The van der Waals surface area contributed by atoms with Gasteiger partial charge in [0.15, 0.2) is 0 Å². The molecular formula is C15H29NO5. The molecule has 1 aliphatic carbocycles. The molecule has 1 saturated carbocycles. The molecule has 2 N–H and O–H groups in total. The molecule has 21 heavy (non-hydrogen) atoms. The van der Waals surface area contributed by atoms with E-state index in [4.69, 9.17) is 14.2 Å². The van der Waals surface area contributed by atoms with Crippen LogP contribution in [0.15, 0.2) is 0 Å². The van der Waals surface area contributed by atoms with Gasteiger partial charge in [0.1, 0.15) is 5.54 Å². The van der Waals surface area contributed by atoms with Crippen LogP contribution in [-0.2, 0) is 19.0 Å². The van der Waals surface area contributed by atoms with Crippen molar-refractivity contribution >= 4 is 5.97 Å². The third-order valence-corrected chi connectivity index (χ3v) is 3.84. The number of carboxylic acids is 1. The summed E-state index contributed by atoms with van der Waals surface area (Å²) < 4.78 is 16.0. The zero-order valence-corrected chi connectivity index (χ0v) is 13.2. The fraction of sp³-hybridized carbons (Fsp3) is 0.933. The van der Waals surface area contributed by atoms with Gasteiger partial charge in [-0.15, -0.1) is 0 Å². The predicted octanol–water partition coefficient (Wildman–Crippen LogP) is 1.43. The molecule has 6 heteroatoms. The second kappa shape index (κ2) is 10.1. The Hall–Kier alpha value is -0.690. The van der Waals surface area contributed by atoms with Crippen LogP contribution < -0.4 is 5.32 Å². The van der Waals surface area contributed by atoms with Gasteiger partial charge in [-0.05, 0) is 32.2 Å². The van der Waals surface area contributed by atoms with Crippen LogP contribution in [0.25, 0.3) is 0 Å². The normalized spacial score (nSPS) is 25.9. The SMILES string of the molecule is CCCNC1(C(=O)O)CCCC(OCCOCCOC)C1. The Morgan fingerprint density at radius 1 is 1.33 bits per heavy atom. The van der Waals surface area contributed by atoms with Gasteiger partial charge in [-0.25, -0.2) is 0 Å². The highest BCUT2D eigenvalue weighted by Crippen LogP contribution is 2.30. The summed E-state index contributed by atoms with van der Waals surface area (Å²) in [6.45, 7) is 4.91. The van der Waals surface area contributed by atoms with Crippen molar-refractivity contribution in [3.63, 3.8) is 0 Å². The summed E-state index contributed by atoms with van der Waals surface area (Å²) in [5.74, 6) is -0.763. The molecule has 0 radical (unpaired) electrons. The molecule has 1 fully saturated rings. The van der Waals surface area contributed by atoms with E-state index in [0.29, 0.717) is 39.3 Å². The van der Waals surface area contributed by atoms with Crippen LogP contribution in [0.2, 0.25) is 0 Å². The first-order chi connectivity index (χ1) is 10.1. The summed E-state index contributed by atoms with van der Waals surface area (Å²) in [6.07, 6.45) is 3.91. The summed E-state index contributed by atoms with van der Waals surface area (Å²) in [4.78, 5) is 11.6. The fourth-order valence-electron chi connectivity index (χ4n) is 2.68. The van der Waals surface area contributed by atoms with E-state index in [1.807, 2.05) is 6.92 Å². The van der Waals surface area contributed by atoms with Gasteiger partial charge in [0.2, 0.25) is 0 Å². The average molecular weight is 303 g/mol. The van der Waals surface area contributed by atoms with Gasteiger partial charge < -0.3 is 24.6 Å². The second-order valence-corrected chi connectivity index (χ2v) is 5.51. The van der Waals surface area contributed by atoms with Crippen LogP contribution in [0.3, 0.4) is 0 Å². The van der Waals surface area contributed by atoms with E-state index in [1.165, 1.54) is 0 Å². The molecule has 1 aliphatic rings. The number of carboxylic acid groups (broad SMARTS) is 1. The highest BCUT2D eigenvalue weighted by atomic mass is 16.5. The molecule has 0 amide bonds. The summed E-state index contributed by atoms with van der Waals surface area (Å²) in [5, 5.41) is 12.8. The molecule has 2 unspecified atom stereocenters. The lowest BCUT2D eigenvalue weighted by Crippen LogP contribution is -2.56. The fourth-order valence-corrected chi connectivity index (χ4v) is 2.68. The lowest BCUT2D eigenvalue weighted by Gasteiger charge is -2.38. The van der Waals surface area contributed by atoms with Crippen LogP contribution in [0.1, 0.15) is 39.0 Å². The number of hydrogen-bond acceptors (Lipinski definition) is 5. The molecule has 0 heterocycles. The average Bonchev–Trinajstić information content (AvgIpc) is 2.49. The number of carbonyl (C=O) groups is 1. The van der Waals surface area contributed by atoms with Crippen LogP contribution in [-0.4, -0.2) is 62.8 Å². The standard InChI is InChI=1S/C15H29NO5/c1-3-7-16-15(14(17)18)6-4-5-13(12-15)21-11-10-20-9-8-19-2/h13,16H,3-12H2,1-2H3,(H,17,18). The van der Waals surface area contributed by atoms with Crippen molar-refractivity contribution in [2.24, 2.45) is 0 Å². The number of aliphatic carboxylic acids is 1. The van der Waals surface area contributed by atoms with E-state index in [1.54, 1.807) is 7.11 Å². The first-order valence-electron chi connectivity index (χ1n) is 7.81. The summed E-state index contributed by atoms with van der Waals surface area (Å²) >= 11 is 0. The van der Waals surface area contributed by atoms with Crippen molar-refractivity contribution in [1.82, 2.24) is 5.32 Å². The minimum atomic E-state index is -0.824. The number of ether oxygens (including phenoxy) is 3. The maximum atomic E-state index is 11.6. The van der Waals surface area contributed by atoms with Gasteiger partial charge in [0, 0.05) is 13.5 Å². The van der Waals surface area contributed by atoms with E-state index in [0.717, 1.165) is 25.8 Å². The minimum absolute atomic E-state index is 0.00905. The zero-order valence-electron chi connectivity index (χ0n) is 13.2. The number of hydrogen-bond donors (Lipinski definition) is 2. The maximum Gasteiger partial charge on any atom is 0.323 e. The van der Waals surface area contributed by atoms with Crippen LogP contribution in [0.4, 0.5) is 0 Å². The number of nitrogens with one attached hydrogen (secondary N) is 1. The van der Waals surface area contributed by atoms with Gasteiger partial charge >= 0.3 is 5.97 Å². The van der Waals surface area contributed by atoms with Gasteiger partial charge in [0.05, 0.1) is 32.5 Å². The molecule has 0 aromatic carbocycles. The quantitative estimate of drug-likeness (QED) is 0.562. The Labute approximate surface area is 127 Å². The topological polar surface area (TPSA) is 77.0 Å². The van der Waals surface area contributed by atoms with Crippen LogP contribution in [0, 0.1) is 0 Å². The Kier molecular flexibility index (Phi) is 8.84. The van der Waals surface area contributed by atoms with Gasteiger partial charge in [0.25, 0.3) is 0 Å². The monoisotopic (exact) mass is 303 g/mol. The third kappa shape index (κ3) is 6.30. The zero-order chi connectivity index (χ0) is 15.6. The van der Waals surface area contributed by atoms with Crippen LogP contribution in [0.5, 0.6) is 0 Å². The molecule has 0 saturated heterocycles. The minimum Gasteiger partial charge on any atom is -0.480 e. The smallest absolute Gasteiger partial charge is 0.323 e. The maximum absolute atomic E-state index is 11.6. The Balaban J connectivity index is 2.34. The molecule has 1 rings (SSSR count). The van der Waals surface area contributed by atoms with Crippen molar-refractivity contribution < 1.29 is 24.1 Å². The lowest BCUT2D eigenvalue weighted by atomic mass is 9.80. The molecule has 124 valence electrons. The Morgan fingerprint density at radius 2 is 2.10 bits per heavy atom. The molecule has 0 aliphatic heterocycles. The van der Waals surface area contributed by atoms with Gasteiger partial charge in [-0.2, -0.15) is 0 Å². The lowest BCUT2D eigenvalue weighted by molar-refractivity contribution is -0.149. The Bertz CT molecular complexity index is 300. The molecule has 0 spiro atoms. The largest absolute Gasteiger partial charge is 0.480 e. The Morgan fingerprint density at radius 3 is 2.76 bits per heavy atom. The summed E-state index contributed by atoms with van der Waals surface area (Å²) in [6, 6.07) is 0. The van der Waals surface area contributed by atoms with Gasteiger partial charge in [-0.1, -0.05) is 6.92 Å². The van der Waals surface area contributed by atoms with E-state index in [2.05, 4.69) is 5.32 Å². The predicted molar refractivity (Wildman–Crippen MR) is 79.6 cm³/mol. The second-order valence-electron chi connectivity index (χ2n) is 5.51. The first kappa shape index (κ1) is 18.4. The highest BCUT2D eigenvalue weighted by molar-refractivity contribution is 5.79. The number of methoxy groups -OCH3 is 1. The summed E-state index contributed by atoms with van der Waals surface area (Å²) in [7, 11) is 1.64. The third-order valence-electron chi connectivity index (χ3n) is 3.84. The molecule has 0 bridgehead atoms. The van der Waals surface area contributed by atoms with Crippen molar-refractivity contribution in [3.8, 4) is 0 Å². The number of rotatable bonds is 11. The molecule has 0 aromatic rings.